The lowest BCUT2D eigenvalue weighted by Crippen LogP contribution is -2.25. The largest absolute Gasteiger partial charge is 0.416 e. The van der Waals surface area contributed by atoms with Crippen molar-refractivity contribution in [3.8, 4) is 5.88 Å². The van der Waals surface area contributed by atoms with Crippen LogP contribution in [0.5, 0.6) is 5.88 Å². The summed E-state index contributed by atoms with van der Waals surface area (Å²) in [5.74, 6) is 0.106. The molecule has 1 heterocycles. The summed E-state index contributed by atoms with van der Waals surface area (Å²) in [6.07, 6.45) is -5.03. The van der Waals surface area contributed by atoms with Gasteiger partial charge in [-0.05, 0) is 39.8 Å². The molecule has 22 heteroatoms. The number of alkyl halides is 3. The van der Waals surface area contributed by atoms with E-state index >= 15 is 0 Å². The Labute approximate surface area is 369 Å². The summed E-state index contributed by atoms with van der Waals surface area (Å²) in [7, 11) is 2.92. The van der Waals surface area contributed by atoms with Gasteiger partial charge >= 0.3 is 12.9 Å². The number of benzene rings is 4. The maximum absolute atomic E-state index is 14.1. The summed E-state index contributed by atoms with van der Waals surface area (Å²) in [4.78, 5) is 56.4. The van der Waals surface area contributed by atoms with E-state index in [0.717, 1.165) is 29.7 Å². The van der Waals surface area contributed by atoms with E-state index in [4.69, 9.17) is 37.0 Å². The van der Waals surface area contributed by atoms with Crippen LogP contribution in [0, 0.1) is 33.0 Å². The first-order valence-electron chi connectivity index (χ1n) is 18.7. The first-order valence-corrected chi connectivity index (χ1v) is 21.7. The number of halogens is 5. The number of nitrogens with zero attached hydrogens (tertiary/aromatic N) is 6. The zero-order valence-corrected chi connectivity index (χ0v) is 37.0. The highest BCUT2D eigenvalue weighted by molar-refractivity contribution is 8.07. The maximum Gasteiger partial charge on any atom is 0.416 e. The van der Waals surface area contributed by atoms with E-state index in [9.17, 15) is 47.4 Å². The highest BCUT2D eigenvalue weighted by atomic mass is 35.5. The van der Waals surface area contributed by atoms with E-state index in [0.29, 0.717) is 34.1 Å². The minimum Gasteiger partial charge on any atom is -0.405 e. The van der Waals surface area contributed by atoms with Crippen molar-refractivity contribution >= 4 is 64.7 Å². The van der Waals surface area contributed by atoms with Crippen molar-refractivity contribution in [3.05, 3.63) is 155 Å². The predicted molar refractivity (Wildman–Crippen MR) is 232 cm³/mol. The molecule has 4 aromatic carbocycles. The average molecular weight is 935 g/mol. The monoisotopic (exact) mass is 934 g/mol. The van der Waals surface area contributed by atoms with Crippen LogP contribution in [-0.2, 0) is 33.6 Å². The number of nitro benzene ring substituents is 2. The van der Waals surface area contributed by atoms with Crippen LogP contribution in [0.2, 0.25) is 5.02 Å². The normalized spacial score (nSPS) is 11.9. The molecule has 0 spiro atoms. The van der Waals surface area contributed by atoms with E-state index in [1.807, 2.05) is 25.7 Å². The Bertz CT molecular complexity index is 2400. The zero-order chi connectivity index (χ0) is 46.8. The highest BCUT2D eigenvalue weighted by Crippen LogP contribution is 2.48. The summed E-state index contributed by atoms with van der Waals surface area (Å²) in [5, 5.41) is 22.7. The van der Waals surface area contributed by atoms with Crippen LogP contribution in [0.15, 0.2) is 84.9 Å². The molecule has 1 aliphatic carbocycles. The second-order valence-corrected chi connectivity index (χ2v) is 16.6. The number of aromatic nitrogens is 2. The third-order valence-corrected chi connectivity index (χ3v) is 12.0. The van der Waals surface area contributed by atoms with Crippen molar-refractivity contribution in [2.75, 3.05) is 43.7 Å². The van der Waals surface area contributed by atoms with Gasteiger partial charge in [0.2, 0.25) is 11.8 Å². The van der Waals surface area contributed by atoms with Gasteiger partial charge in [-0.3, -0.25) is 29.8 Å². The number of nitro groups is 2. The second kappa shape index (κ2) is 21.4. The van der Waals surface area contributed by atoms with E-state index in [2.05, 4.69) is 9.97 Å². The van der Waals surface area contributed by atoms with Crippen molar-refractivity contribution in [1.29, 1.82) is 0 Å². The molecule has 1 aliphatic rings. The molecule has 6 rings (SSSR count). The summed E-state index contributed by atoms with van der Waals surface area (Å²) in [6.45, 7) is 5.79. The molecule has 0 atom stereocenters. The molecule has 15 nitrogen and oxygen atoms in total. The van der Waals surface area contributed by atoms with Crippen LogP contribution in [0.4, 0.5) is 40.6 Å². The highest BCUT2D eigenvalue weighted by Gasteiger charge is 2.39. The molecule has 334 valence electrons. The molecule has 0 aliphatic heterocycles. The van der Waals surface area contributed by atoms with Gasteiger partial charge in [0.15, 0.2) is 17.3 Å². The maximum atomic E-state index is 14.1. The van der Waals surface area contributed by atoms with E-state index < -0.39 is 57.7 Å². The van der Waals surface area contributed by atoms with Crippen LogP contribution >= 0.6 is 18.3 Å². The van der Waals surface area contributed by atoms with E-state index in [1.165, 1.54) is 33.3 Å². The van der Waals surface area contributed by atoms with Gasteiger partial charge < -0.3 is 23.4 Å². The average Bonchev–Trinajstić information content (AvgIpc) is 3.25. The van der Waals surface area contributed by atoms with Crippen LogP contribution in [-0.4, -0.2) is 65.2 Å². The molecule has 0 bridgehead atoms. The van der Waals surface area contributed by atoms with Gasteiger partial charge in [-0.2, -0.15) is 18.2 Å². The number of anilines is 2. The molecule has 0 unspecified atom stereocenters. The molecule has 0 N–H and O–H groups in total. The first kappa shape index (κ1) is 49.7. The fourth-order valence-electron chi connectivity index (χ4n) is 6.12. The lowest BCUT2D eigenvalue weighted by molar-refractivity contribution is -0.393. The minimum atomic E-state index is -5.03. The van der Waals surface area contributed by atoms with Gasteiger partial charge in [-0.1, -0.05) is 66.2 Å². The Balaban J connectivity index is 0.000000217. The van der Waals surface area contributed by atoms with Gasteiger partial charge in [-0.25, -0.2) is 9.37 Å². The Hall–Kier alpha value is -5.92. The standard InChI is InChI=1S/C16H12ClF4N3O4.C14H8O2.C11H20N3O3PS/c1-2-22(8-10-11(17)4-3-5-12(10)18)15-13(23(25)26)6-9(16(19,20)21)7-14(15)24(27)28;15-13-9-5-1-2-6-10(9)14(16)12-8-4-3-7-11(12)13;1-6-14(7-2)11-12-9(3)8-10(13-11)17-18(19,15-4)16-5/h3-7H,2,8H2,1H3;1-8H;8H,6-7H2,1-5H3. The van der Waals surface area contributed by atoms with E-state index in [-0.39, 0.29) is 40.8 Å². The van der Waals surface area contributed by atoms with Gasteiger partial charge in [0, 0.05) is 109 Å². The number of carbonyl (C=O) groups excluding carboxylic acids is 2. The number of carbonyl (C=O) groups is 2. The summed E-state index contributed by atoms with van der Waals surface area (Å²) in [5.41, 5.74) is -1.70. The summed E-state index contributed by atoms with van der Waals surface area (Å²) >= 11 is 11.1. The van der Waals surface area contributed by atoms with Gasteiger partial charge in [0.25, 0.3) is 11.4 Å². The predicted octanol–water partition coefficient (Wildman–Crippen LogP) is 10.3. The van der Waals surface area contributed by atoms with Gasteiger partial charge in [-0.15, -0.1) is 0 Å². The Morgan fingerprint density at radius 3 is 1.60 bits per heavy atom. The molecule has 63 heavy (non-hydrogen) atoms. The molecule has 0 radical (unpaired) electrons. The number of hydrogen-bond acceptors (Lipinski definition) is 14. The minimum absolute atomic E-state index is 0.0318. The quantitative estimate of drug-likeness (QED) is 0.0462. The molecule has 5 aromatic rings. The third kappa shape index (κ3) is 12.0. The number of fused-ring (bicyclic) bond motifs is 2. The number of rotatable bonds is 13. The van der Waals surface area contributed by atoms with Crippen LogP contribution < -0.4 is 14.3 Å². The third-order valence-electron chi connectivity index (χ3n) is 9.25. The molecule has 0 amide bonds. The topological polar surface area (TPSA) is 180 Å². The molecule has 0 saturated heterocycles. The van der Waals surface area contributed by atoms with Crippen molar-refractivity contribution in [2.24, 2.45) is 0 Å². The van der Waals surface area contributed by atoms with Crippen LogP contribution in [0.25, 0.3) is 0 Å². The van der Waals surface area contributed by atoms with Crippen molar-refractivity contribution in [3.63, 3.8) is 0 Å². The summed E-state index contributed by atoms with van der Waals surface area (Å²) in [6, 6.07) is 19.8. The Morgan fingerprint density at radius 1 is 0.762 bits per heavy atom. The summed E-state index contributed by atoms with van der Waals surface area (Å²) < 4.78 is 68.9. The second-order valence-electron chi connectivity index (χ2n) is 13.1. The Kier molecular flexibility index (Phi) is 16.9. The zero-order valence-electron chi connectivity index (χ0n) is 34.5. The number of aryl methyl sites for hydroxylation is 1. The van der Waals surface area contributed by atoms with Crippen LogP contribution in [0.3, 0.4) is 0 Å². The van der Waals surface area contributed by atoms with Crippen LogP contribution in [0.1, 0.15) is 69.4 Å². The molecule has 0 saturated carbocycles. The molecule has 0 fully saturated rings. The Morgan fingerprint density at radius 2 is 1.22 bits per heavy atom. The molecule has 1 aromatic heterocycles. The smallest absolute Gasteiger partial charge is 0.405 e. The SMILES string of the molecule is CCN(CC)c1nc(C)cc(OP(=S)(OC)OC)n1.CCN(Cc1c(F)cccc1Cl)c1c([N+](=O)[O-])cc(C(F)(F)F)cc1[N+](=O)[O-].O=C1c2ccccc2C(=O)c2ccccc21. The van der Waals surface area contributed by atoms with Gasteiger partial charge in [0.05, 0.1) is 15.4 Å². The van der Waals surface area contributed by atoms with Crippen molar-refractivity contribution in [1.82, 2.24) is 9.97 Å². The lowest BCUT2D eigenvalue weighted by atomic mass is 9.84. The lowest BCUT2D eigenvalue weighted by Gasteiger charge is -2.24. The molecular weight excluding hydrogens is 895 g/mol. The number of hydrogen-bond donors (Lipinski definition) is 0. The first-order chi connectivity index (χ1) is 29.7. The van der Waals surface area contributed by atoms with Crippen molar-refractivity contribution in [2.45, 2.75) is 40.4 Å². The number of ketones is 2. The van der Waals surface area contributed by atoms with E-state index in [1.54, 1.807) is 54.6 Å². The fraction of sp³-hybridized carbons (Fsp3) is 0.268. The van der Waals surface area contributed by atoms with Gasteiger partial charge in [0.1, 0.15) is 5.82 Å². The van der Waals surface area contributed by atoms with Crippen molar-refractivity contribution < 1.29 is 50.6 Å². The molecular formula is C41H40ClF4N6O9PS. The fourth-order valence-corrected chi connectivity index (χ4v) is 7.20.